The molecule has 0 aromatic carbocycles. The first kappa shape index (κ1) is 11.5. The molecular weight excluding hydrogens is 150 g/mol. The van der Waals surface area contributed by atoms with Gasteiger partial charge < -0.3 is 5.32 Å². The van der Waals surface area contributed by atoms with Crippen molar-refractivity contribution in [3.05, 3.63) is 0 Å². The number of hydrogen-bond acceptors (Lipinski definition) is 1. The molecule has 72 valence electrons. The highest BCUT2D eigenvalue weighted by Crippen LogP contribution is 2.04. The van der Waals surface area contributed by atoms with Crippen molar-refractivity contribution in [3.63, 3.8) is 0 Å². The predicted octanol–water partition coefficient (Wildman–Crippen LogP) is 2.48. The Morgan fingerprint density at radius 2 is 1.67 bits per heavy atom. The zero-order valence-electron chi connectivity index (χ0n) is 8.52. The van der Waals surface area contributed by atoms with Crippen molar-refractivity contribution < 1.29 is 4.79 Å². The number of amides is 1. The highest BCUT2D eigenvalue weighted by molar-refractivity contribution is 5.75. The smallest absolute Gasteiger partial charge is 0.219 e. The van der Waals surface area contributed by atoms with E-state index >= 15 is 0 Å². The van der Waals surface area contributed by atoms with Crippen LogP contribution < -0.4 is 5.32 Å². The number of nitrogens with one attached hydrogen (secondary N) is 1. The van der Waals surface area contributed by atoms with E-state index in [2.05, 4.69) is 19.2 Å². The molecule has 0 atom stereocenters. The monoisotopic (exact) mass is 171 g/mol. The molecule has 0 saturated carbocycles. The van der Waals surface area contributed by atoms with Gasteiger partial charge in [0, 0.05) is 12.5 Å². The summed E-state index contributed by atoms with van der Waals surface area (Å²) < 4.78 is 0. The normalized spacial score (nSPS) is 10.3. The second-order valence-corrected chi connectivity index (χ2v) is 3.20. The van der Waals surface area contributed by atoms with Gasteiger partial charge in [0.25, 0.3) is 0 Å². The van der Waals surface area contributed by atoms with Crippen LogP contribution in [0.25, 0.3) is 0 Å². The third-order valence-corrected chi connectivity index (χ3v) is 1.96. The van der Waals surface area contributed by atoms with Gasteiger partial charge >= 0.3 is 0 Å². The maximum Gasteiger partial charge on any atom is 0.219 e. The van der Waals surface area contributed by atoms with E-state index in [4.69, 9.17) is 0 Å². The minimum absolute atomic E-state index is 0.182. The molecule has 0 rings (SSSR count). The Kier molecular flexibility index (Phi) is 6.82. The number of carbonyl (C=O) groups excluding carboxylic acids is 1. The summed E-state index contributed by atoms with van der Waals surface area (Å²) in [5, 5.41) is 3.03. The topological polar surface area (TPSA) is 29.1 Å². The maximum absolute atomic E-state index is 11.1. The van der Waals surface area contributed by atoms with Crippen molar-refractivity contribution >= 4 is 5.91 Å². The van der Waals surface area contributed by atoms with Crippen LogP contribution >= 0.6 is 0 Å². The van der Waals surface area contributed by atoms with Crippen LogP contribution in [0.3, 0.4) is 0 Å². The molecule has 0 aliphatic heterocycles. The quantitative estimate of drug-likeness (QED) is 0.653. The van der Waals surface area contributed by atoms with Crippen LogP contribution in [0.4, 0.5) is 0 Å². The fraction of sp³-hybridized carbons (Fsp3) is 0.900. The molecule has 0 aliphatic carbocycles. The van der Waals surface area contributed by atoms with Gasteiger partial charge in [-0.05, 0) is 12.8 Å². The fourth-order valence-corrected chi connectivity index (χ4v) is 1.32. The van der Waals surface area contributed by atoms with Gasteiger partial charge in [-0.25, -0.2) is 0 Å². The Morgan fingerprint density at radius 3 is 2.00 bits per heavy atom. The van der Waals surface area contributed by atoms with Crippen molar-refractivity contribution in [2.24, 2.45) is 0 Å². The molecule has 2 heteroatoms. The number of carbonyl (C=O) groups is 1. The zero-order valence-corrected chi connectivity index (χ0v) is 8.52. The van der Waals surface area contributed by atoms with Gasteiger partial charge in [-0.2, -0.15) is 0 Å². The van der Waals surface area contributed by atoms with Gasteiger partial charge in [-0.15, -0.1) is 0 Å². The van der Waals surface area contributed by atoms with Crippen molar-refractivity contribution in [1.82, 2.24) is 5.32 Å². The van der Waals surface area contributed by atoms with Crippen LogP contribution in [0.15, 0.2) is 0 Å². The van der Waals surface area contributed by atoms with Crippen LogP contribution in [0.2, 0.25) is 0 Å². The van der Waals surface area contributed by atoms with Gasteiger partial charge in [0.1, 0.15) is 0 Å². The Morgan fingerprint density at radius 1 is 1.17 bits per heavy atom. The first-order valence-electron chi connectivity index (χ1n) is 5.03. The molecule has 0 bridgehead atoms. The van der Waals surface area contributed by atoms with Crippen molar-refractivity contribution in [2.45, 2.75) is 58.9 Å². The Hall–Kier alpha value is -0.530. The van der Waals surface area contributed by atoms with Crippen LogP contribution in [0.1, 0.15) is 52.9 Å². The molecule has 12 heavy (non-hydrogen) atoms. The lowest BCUT2D eigenvalue weighted by molar-refractivity contribution is -0.121. The Bertz CT molecular complexity index is 117. The molecular formula is C10H21NO. The first-order valence-corrected chi connectivity index (χ1v) is 5.03. The minimum atomic E-state index is 0.182. The van der Waals surface area contributed by atoms with E-state index in [9.17, 15) is 4.79 Å². The second-order valence-electron chi connectivity index (χ2n) is 3.20. The lowest BCUT2D eigenvalue weighted by atomic mass is 10.1. The fourth-order valence-electron chi connectivity index (χ4n) is 1.32. The number of hydrogen-bond donors (Lipinski definition) is 1. The van der Waals surface area contributed by atoms with Crippen LogP contribution in [-0.2, 0) is 4.79 Å². The standard InChI is InChI=1S/C10H21NO/c1-4-7-9(8-5-2)11-10(12)6-3/h9H,4-8H2,1-3H3,(H,11,12). The minimum Gasteiger partial charge on any atom is -0.353 e. The summed E-state index contributed by atoms with van der Waals surface area (Å²) in [6.45, 7) is 6.20. The molecule has 1 N–H and O–H groups in total. The zero-order chi connectivity index (χ0) is 9.40. The lowest BCUT2D eigenvalue weighted by Crippen LogP contribution is -2.34. The van der Waals surface area contributed by atoms with Crippen molar-refractivity contribution in [1.29, 1.82) is 0 Å². The molecule has 0 radical (unpaired) electrons. The first-order chi connectivity index (χ1) is 5.74. The Balaban J connectivity index is 3.68. The van der Waals surface area contributed by atoms with E-state index in [0.29, 0.717) is 12.5 Å². The van der Waals surface area contributed by atoms with E-state index in [0.717, 1.165) is 25.7 Å². The number of rotatable bonds is 6. The molecule has 0 aromatic heterocycles. The average Bonchev–Trinajstić information content (AvgIpc) is 2.05. The third kappa shape index (κ3) is 5.16. The largest absolute Gasteiger partial charge is 0.353 e. The summed E-state index contributed by atoms with van der Waals surface area (Å²) in [7, 11) is 0. The Labute approximate surface area is 75.7 Å². The SMILES string of the molecule is CCCC(CCC)NC(=O)CC. The van der Waals surface area contributed by atoms with E-state index in [1.54, 1.807) is 0 Å². The lowest BCUT2D eigenvalue weighted by Gasteiger charge is -2.16. The van der Waals surface area contributed by atoms with Gasteiger partial charge in [-0.3, -0.25) is 4.79 Å². The van der Waals surface area contributed by atoms with Crippen molar-refractivity contribution in [3.8, 4) is 0 Å². The highest BCUT2D eigenvalue weighted by Gasteiger charge is 2.07. The molecule has 2 nitrogen and oxygen atoms in total. The van der Waals surface area contributed by atoms with Gasteiger partial charge in [0.05, 0.1) is 0 Å². The van der Waals surface area contributed by atoms with Crippen molar-refractivity contribution in [2.75, 3.05) is 0 Å². The predicted molar refractivity (Wildman–Crippen MR) is 52.0 cm³/mol. The molecule has 0 heterocycles. The molecule has 1 amide bonds. The van der Waals surface area contributed by atoms with Gasteiger partial charge in [0.15, 0.2) is 0 Å². The highest BCUT2D eigenvalue weighted by atomic mass is 16.1. The van der Waals surface area contributed by atoms with Crippen LogP contribution in [-0.4, -0.2) is 11.9 Å². The van der Waals surface area contributed by atoms with Gasteiger partial charge in [0.2, 0.25) is 5.91 Å². The molecule has 0 unspecified atom stereocenters. The average molecular weight is 171 g/mol. The summed E-state index contributed by atoms with van der Waals surface area (Å²) >= 11 is 0. The molecule has 0 spiro atoms. The van der Waals surface area contributed by atoms with E-state index in [1.807, 2.05) is 6.92 Å². The molecule has 0 aromatic rings. The van der Waals surface area contributed by atoms with Crippen LogP contribution in [0.5, 0.6) is 0 Å². The molecule has 0 fully saturated rings. The van der Waals surface area contributed by atoms with E-state index in [-0.39, 0.29) is 5.91 Å². The summed E-state index contributed by atoms with van der Waals surface area (Å²) in [6, 6.07) is 0.410. The summed E-state index contributed by atoms with van der Waals surface area (Å²) in [6.07, 6.45) is 5.12. The van der Waals surface area contributed by atoms with E-state index in [1.165, 1.54) is 0 Å². The van der Waals surface area contributed by atoms with E-state index < -0.39 is 0 Å². The summed E-state index contributed by atoms with van der Waals surface area (Å²) in [4.78, 5) is 11.1. The molecule has 0 saturated heterocycles. The third-order valence-electron chi connectivity index (χ3n) is 1.96. The van der Waals surface area contributed by atoms with Crippen LogP contribution in [0, 0.1) is 0 Å². The summed E-state index contributed by atoms with van der Waals surface area (Å²) in [5.41, 5.74) is 0. The van der Waals surface area contributed by atoms with Gasteiger partial charge in [-0.1, -0.05) is 33.6 Å². The molecule has 0 aliphatic rings. The summed E-state index contributed by atoms with van der Waals surface area (Å²) in [5.74, 6) is 0.182. The maximum atomic E-state index is 11.1. The second kappa shape index (κ2) is 7.14.